The summed E-state index contributed by atoms with van der Waals surface area (Å²) in [5.41, 5.74) is 1.54. The average Bonchev–Trinajstić information content (AvgIpc) is 2.73. The standard InChI is InChI=1S/C19H26N2O2/c1-18(2)9-16-10-19(3,13-18)14-21(16)17(22)12-23-20-11-15-7-5-4-6-8-15/h4-8,11,16H,9-10,12-14H2,1-3H3/b20-11+. The summed E-state index contributed by atoms with van der Waals surface area (Å²) in [5, 5.41) is 3.91. The summed E-state index contributed by atoms with van der Waals surface area (Å²) in [5.74, 6) is 0.0571. The van der Waals surface area contributed by atoms with Crippen molar-refractivity contribution in [2.45, 2.75) is 46.1 Å². The first-order valence-corrected chi connectivity index (χ1v) is 8.37. The Kier molecular flexibility index (Phi) is 4.17. The minimum atomic E-state index is 0.0241. The number of benzene rings is 1. The Morgan fingerprint density at radius 3 is 2.78 bits per heavy atom. The Bertz CT molecular complexity index is 597. The molecule has 124 valence electrons. The van der Waals surface area contributed by atoms with Gasteiger partial charge < -0.3 is 9.74 Å². The first-order chi connectivity index (χ1) is 10.9. The third-order valence-corrected chi connectivity index (χ3v) is 5.00. The molecule has 1 saturated carbocycles. The predicted molar refractivity (Wildman–Crippen MR) is 91.2 cm³/mol. The fourth-order valence-corrected chi connectivity index (χ4v) is 4.56. The van der Waals surface area contributed by atoms with Gasteiger partial charge in [-0.05, 0) is 35.7 Å². The molecule has 2 aliphatic rings. The van der Waals surface area contributed by atoms with E-state index in [1.54, 1.807) is 6.21 Å². The van der Waals surface area contributed by atoms with Crippen molar-refractivity contribution in [3.05, 3.63) is 35.9 Å². The minimum Gasteiger partial charge on any atom is -0.386 e. The van der Waals surface area contributed by atoms with Crippen molar-refractivity contribution in [1.29, 1.82) is 0 Å². The quantitative estimate of drug-likeness (QED) is 0.631. The number of carbonyl (C=O) groups is 1. The van der Waals surface area contributed by atoms with E-state index < -0.39 is 0 Å². The second-order valence-corrected chi connectivity index (χ2v) is 8.15. The molecule has 1 aromatic carbocycles. The van der Waals surface area contributed by atoms with Crippen molar-refractivity contribution in [3.63, 3.8) is 0 Å². The van der Waals surface area contributed by atoms with E-state index in [9.17, 15) is 4.79 Å². The van der Waals surface area contributed by atoms with E-state index >= 15 is 0 Å². The van der Waals surface area contributed by atoms with E-state index in [1.807, 2.05) is 35.2 Å². The maximum Gasteiger partial charge on any atom is 0.263 e. The second kappa shape index (κ2) is 5.99. The Hall–Kier alpha value is -1.84. The number of hydrogen-bond donors (Lipinski definition) is 0. The number of nitrogens with zero attached hydrogens (tertiary/aromatic N) is 2. The maximum absolute atomic E-state index is 12.5. The van der Waals surface area contributed by atoms with Crippen molar-refractivity contribution in [1.82, 2.24) is 4.90 Å². The van der Waals surface area contributed by atoms with Crippen LogP contribution in [0.1, 0.15) is 45.6 Å². The van der Waals surface area contributed by atoms with Gasteiger partial charge in [-0.1, -0.05) is 56.3 Å². The molecule has 4 nitrogen and oxygen atoms in total. The van der Waals surface area contributed by atoms with E-state index in [-0.39, 0.29) is 17.9 Å². The topological polar surface area (TPSA) is 41.9 Å². The molecule has 1 aliphatic carbocycles. The third kappa shape index (κ3) is 3.74. The highest BCUT2D eigenvalue weighted by Gasteiger charge is 2.50. The Morgan fingerprint density at radius 2 is 2.04 bits per heavy atom. The van der Waals surface area contributed by atoms with Crippen LogP contribution in [0.15, 0.2) is 35.5 Å². The number of rotatable bonds is 4. The molecule has 1 aliphatic heterocycles. The lowest BCUT2D eigenvalue weighted by Crippen LogP contribution is -2.39. The maximum atomic E-state index is 12.5. The van der Waals surface area contributed by atoms with Crippen molar-refractivity contribution >= 4 is 12.1 Å². The van der Waals surface area contributed by atoms with Crippen LogP contribution in [0.5, 0.6) is 0 Å². The lowest BCUT2D eigenvalue weighted by molar-refractivity contribution is -0.137. The van der Waals surface area contributed by atoms with Crippen molar-refractivity contribution in [2.75, 3.05) is 13.2 Å². The highest BCUT2D eigenvalue weighted by atomic mass is 16.6. The molecule has 23 heavy (non-hydrogen) atoms. The van der Waals surface area contributed by atoms with Gasteiger partial charge in [-0.3, -0.25) is 4.79 Å². The molecule has 2 atom stereocenters. The number of hydrogen-bond acceptors (Lipinski definition) is 3. The van der Waals surface area contributed by atoms with Crippen LogP contribution in [0, 0.1) is 10.8 Å². The van der Waals surface area contributed by atoms with Gasteiger partial charge in [0.15, 0.2) is 6.61 Å². The zero-order valence-electron chi connectivity index (χ0n) is 14.3. The number of likely N-dealkylation sites (tertiary alicyclic amines) is 1. The van der Waals surface area contributed by atoms with Crippen LogP contribution < -0.4 is 0 Å². The molecule has 2 fully saturated rings. The molecular weight excluding hydrogens is 288 g/mol. The number of fused-ring (bicyclic) bond motifs is 2. The molecule has 0 aromatic heterocycles. The monoisotopic (exact) mass is 314 g/mol. The van der Waals surface area contributed by atoms with Gasteiger partial charge >= 0.3 is 0 Å². The van der Waals surface area contributed by atoms with E-state index in [1.165, 1.54) is 6.42 Å². The van der Waals surface area contributed by atoms with Gasteiger partial charge in [0, 0.05) is 12.6 Å². The summed E-state index contributed by atoms with van der Waals surface area (Å²) < 4.78 is 0. The normalized spacial score (nSPS) is 29.0. The lowest BCUT2D eigenvalue weighted by Gasteiger charge is -2.39. The zero-order chi connectivity index (χ0) is 16.5. The smallest absolute Gasteiger partial charge is 0.263 e. The summed E-state index contributed by atoms with van der Waals surface area (Å²) in [6.45, 7) is 7.81. The van der Waals surface area contributed by atoms with Crippen LogP contribution in [-0.4, -0.2) is 36.2 Å². The summed E-state index contributed by atoms with van der Waals surface area (Å²) >= 11 is 0. The molecule has 0 radical (unpaired) electrons. The van der Waals surface area contributed by atoms with Crippen molar-refractivity contribution in [2.24, 2.45) is 16.0 Å². The van der Waals surface area contributed by atoms with E-state index in [0.717, 1.165) is 24.9 Å². The van der Waals surface area contributed by atoms with Gasteiger partial charge in [-0.15, -0.1) is 0 Å². The number of carbonyl (C=O) groups excluding carboxylic acids is 1. The van der Waals surface area contributed by atoms with Gasteiger partial charge in [0.2, 0.25) is 0 Å². The SMILES string of the molecule is CC1(C)CC2CC(C)(CN2C(=O)CO/N=C/c2ccccc2)C1. The van der Waals surface area contributed by atoms with Gasteiger partial charge in [0.1, 0.15) is 0 Å². The zero-order valence-corrected chi connectivity index (χ0v) is 14.3. The number of amides is 1. The van der Waals surface area contributed by atoms with Crippen molar-refractivity contribution in [3.8, 4) is 0 Å². The highest BCUT2D eigenvalue weighted by Crippen LogP contribution is 2.52. The molecule has 2 bridgehead atoms. The molecule has 3 rings (SSSR count). The van der Waals surface area contributed by atoms with Crippen LogP contribution >= 0.6 is 0 Å². The summed E-state index contributed by atoms with van der Waals surface area (Å²) in [6, 6.07) is 10.1. The third-order valence-electron chi connectivity index (χ3n) is 5.00. The van der Waals surface area contributed by atoms with Crippen LogP contribution in [0.25, 0.3) is 0 Å². The van der Waals surface area contributed by atoms with Gasteiger partial charge in [0.05, 0.1) is 6.21 Å². The molecule has 0 N–H and O–H groups in total. The minimum absolute atomic E-state index is 0.0241. The van der Waals surface area contributed by atoms with Crippen LogP contribution in [0.4, 0.5) is 0 Å². The van der Waals surface area contributed by atoms with Gasteiger partial charge in [0.25, 0.3) is 5.91 Å². The van der Waals surface area contributed by atoms with Crippen molar-refractivity contribution < 1.29 is 9.63 Å². The molecule has 4 heteroatoms. The van der Waals surface area contributed by atoms with Crippen LogP contribution in [0.2, 0.25) is 0 Å². The molecule has 1 amide bonds. The Morgan fingerprint density at radius 1 is 1.30 bits per heavy atom. The summed E-state index contributed by atoms with van der Waals surface area (Å²) in [6.07, 6.45) is 5.03. The predicted octanol–water partition coefficient (Wildman–Crippen LogP) is 3.46. The molecule has 1 saturated heterocycles. The summed E-state index contributed by atoms with van der Waals surface area (Å²) in [7, 11) is 0. The Balaban J connectivity index is 1.54. The first-order valence-electron chi connectivity index (χ1n) is 8.37. The lowest BCUT2D eigenvalue weighted by atomic mass is 9.65. The van der Waals surface area contributed by atoms with Gasteiger partial charge in [-0.25, -0.2) is 0 Å². The molecule has 2 unspecified atom stereocenters. The van der Waals surface area contributed by atoms with E-state index in [0.29, 0.717) is 11.5 Å². The molecular formula is C19H26N2O2. The molecule has 1 heterocycles. The first kappa shape index (κ1) is 16.0. The second-order valence-electron chi connectivity index (χ2n) is 8.15. The average molecular weight is 314 g/mol. The highest BCUT2D eigenvalue weighted by molar-refractivity contribution is 5.80. The van der Waals surface area contributed by atoms with E-state index in [2.05, 4.69) is 25.9 Å². The van der Waals surface area contributed by atoms with Crippen LogP contribution in [-0.2, 0) is 9.63 Å². The largest absolute Gasteiger partial charge is 0.386 e. The molecule has 1 aromatic rings. The Labute approximate surface area is 138 Å². The summed E-state index contributed by atoms with van der Waals surface area (Å²) in [4.78, 5) is 19.7. The number of oxime groups is 1. The van der Waals surface area contributed by atoms with Crippen LogP contribution in [0.3, 0.4) is 0 Å². The van der Waals surface area contributed by atoms with Gasteiger partial charge in [-0.2, -0.15) is 0 Å². The molecule has 0 spiro atoms. The fourth-order valence-electron chi connectivity index (χ4n) is 4.56. The van der Waals surface area contributed by atoms with E-state index in [4.69, 9.17) is 4.84 Å². The fraction of sp³-hybridized carbons (Fsp3) is 0.579.